The zero-order valence-electron chi connectivity index (χ0n) is 15.7. The van der Waals surface area contributed by atoms with Crippen LogP contribution in [0.5, 0.6) is 23.0 Å². The smallest absolute Gasteiger partial charge is 0.320 e. The van der Waals surface area contributed by atoms with Gasteiger partial charge in [0.15, 0.2) is 0 Å². The van der Waals surface area contributed by atoms with Gasteiger partial charge in [-0.3, -0.25) is 14.5 Å². The van der Waals surface area contributed by atoms with Crippen LogP contribution in [-0.4, -0.2) is 38.8 Å². The van der Waals surface area contributed by atoms with E-state index in [2.05, 4.69) is 0 Å². The number of hydrogen-bond donors (Lipinski definition) is 3. The third-order valence-corrected chi connectivity index (χ3v) is 5.13. The highest BCUT2D eigenvalue weighted by Gasteiger charge is 2.32. The molecule has 1 aliphatic heterocycles. The van der Waals surface area contributed by atoms with E-state index in [0.29, 0.717) is 19.4 Å². The van der Waals surface area contributed by atoms with E-state index in [1.807, 2.05) is 0 Å². The third-order valence-electron chi connectivity index (χ3n) is 5.13. The lowest BCUT2D eigenvalue weighted by Crippen LogP contribution is -2.35. The molecule has 9 heteroatoms. The molecule has 0 saturated carbocycles. The first-order valence-electron chi connectivity index (χ1n) is 9.24. The molecule has 1 atom stereocenters. The number of ether oxygens (including phenoxy) is 1. The fourth-order valence-corrected chi connectivity index (χ4v) is 3.66. The number of carbonyl (C=O) groups is 1. The van der Waals surface area contributed by atoms with E-state index in [4.69, 9.17) is 9.15 Å². The van der Waals surface area contributed by atoms with E-state index in [-0.39, 0.29) is 40.3 Å². The molecule has 1 fully saturated rings. The van der Waals surface area contributed by atoms with Gasteiger partial charge < -0.3 is 24.5 Å². The van der Waals surface area contributed by atoms with Gasteiger partial charge in [-0.2, -0.15) is 0 Å². The first kappa shape index (κ1) is 19.7. The van der Waals surface area contributed by atoms with E-state index in [9.17, 15) is 29.3 Å². The molecule has 156 valence electrons. The molecule has 0 radical (unpaired) electrons. The van der Waals surface area contributed by atoms with Gasteiger partial charge in [0.2, 0.25) is 11.2 Å². The van der Waals surface area contributed by atoms with Gasteiger partial charge in [0.25, 0.3) is 0 Å². The first-order valence-corrected chi connectivity index (χ1v) is 9.24. The molecule has 1 aliphatic rings. The minimum Gasteiger partial charge on any atom is -0.507 e. The van der Waals surface area contributed by atoms with Gasteiger partial charge in [0.05, 0.1) is 5.56 Å². The SMILES string of the molecule is O=C(O)C1CCCN1Cc1c(O)cc(O)c2c(=O)c(Oc3ccc(F)cc3)coc12. The fraction of sp³-hybridized carbons (Fsp3) is 0.238. The molecule has 1 saturated heterocycles. The molecule has 0 spiro atoms. The summed E-state index contributed by atoms with van der Waals surface area (Å²) in [4.78, 5) is 26.0. The van der Waals surface area contributed by atoms with Crippen LogP contribution in [0.4, 0.5) is 4.39 Å². The number of benzene rings is 2. The Hall–Kier alpha value is -3.59. The van der Waals surface area contributed by atoms with Gasteiger partial charge in [0, 0.05) is 12.6 Å². The van der Waals surface area contributed by atoms with Crippen LogP contribution in [0.2, 0.25) is 0 Å². The van der Waals surface area contributed by atoms with E-state index in [0.717, 1.165) is 12.3 Å². The summed E-state index contributed by atoms with van der Waals surface area (Å²) in [5.74, 6) is -2.28. The summed E-state index contributed by atoms with van der Waals surface area (Å²) in [6.45, 7) is 0.537. The Labute approximate surface area is 169 Å². The predicted octanol–water partition coefficient (Wildman–Crippen LogP) is 3.18. The molecular weight excluding hydrogens is 397 g/mol. The molecule has 2 aromatic carbocycles. The van der Waals surface area contributed by atoms with Gasteiger partial charge in [-0.15, -0.1) is 0 Å². The second kappa shape index (κ2) is 7.68. The van der Waals surface area contributed by atoms with Crippen LogP contribution in [0.15, 0.2) is 45.8 Å². The number of aromatic hydroxyl groups is 2. The summed E-state index contributed by atoms with van der Waals surface area (Å²) in [7, 11) is 0. The van der Waals surface area contributed by atoms with Crippen molar-refractivity contribution >= 4 is 16.9 Å². The topological polar surface area (TPSA) is 120 Å². The molecule has 1 aromatic heterocycles. The molecule has 2 heterocycles. The van der Waals surface area contributed by atoms with Crippen LogP contribution < -0.4 is 10.2 Å². The van der Waals surface area contributed by atoms with Crippen molar-refractivity contribution in [2.24, 2.45) is 0 Å². The van der Waals surface area contributed by atoms with Crippen molar-refractivity contribution in [1.29, 1.82) is 0 Å². The highest BCUT2D eigenvalue weighted by molar-refractivity contribution is 5.88. The van der Waals surface area contributed by atoms with Crippen LogP contribution in [0.1, 0.15) is 18.4 Å². The van der Waals surface area contributed by atoms with Crippen LogP contribution in [0, 0.1) is 5.82 Å². The summed E-state index contributed by atoms with van der Waals surface area (Å²) in [6, 6.07) is 5.31. The minimum absolute atomic E-state index is 0.0285. The molecule has 8 nitrogen and oxygen atoms in total. The van der Waals surface area contributed by atoms with Gasteiger partial charge in [0.1, 0.15) is 46.3 Å². The molecule has 0 bridgehead atoms. The summed E-state index contributed by atoms with van der Waals surface area (Å²) in [5, 5.41) is 29.8. The average molecular weight is 415 g/mol. The monoisotopic (exact) mass is 415 g/mol. The van der Waals surface area contributed by atoms with Crippen LogP contribution in [0.25, 0.3) is 11.0 Å². The van der Waals surface area contributed by atoms with Crippen molar-refractivity contribution in [1.82, 2.24) is 4.90 Å². The number of fused-ring (bicyclic) bond motifs is 1. The minimum atomic E-state index is -0.966. The lowest BCUT2D eigenvalue weighted by Gasteiger charge is -2.22. The van der Waals surface area contributed by atoms with E-state index in [1.54, 1.807) is 4.90 Å². The van der Waals surface area contributed by atoms with Crippen LogP contribution in [-0.2, 0) is 11.3 Å². The van der Waals surface area contributed by atoms with Crippen LogP contribution >= 0.6 is 0 Å². The maximum Gasteiger partial charge on any atom is 0.320 e. The molecule has 30 heavy (non-hydrogen) atoms. The van der Waals surface area contributed by atoms with Crippen molar-refractivity contribution in [3.63, 3.8) is 0 Å². The Kier molecular flexibility index (Phi) is 5.04. The highest BCUT2D eigenvalue weighted by Crippen LogP contribution is 2.36. The van der Waals surface area contributed by atoms with E-state index >= 15 is 0 Å². The number of nitrogens with zero attached hydrogens (tertiary/aromatic N) is 1. The Morgan fingerprint density at radius 3 is 2.67 bits per heavy atom. The Morgan fingerprint density at radius 1 is 1.23 bits per heavy atom. The fourth-order valence-electron chi connectivity index (χ4n) is 3.66. The third kappa shape index (κ3) is 3.55. The van der Waals surface area contributed by atoms with Crippen molar-refractivity contribution in [2.45, 2.75) is 25.4 Å². The molecule has 3 N–H and O–H groups in total. The summed E-state index contributed by atoms with van der Waals surface area (Å²) < 4.78 is 24.0. The van der Waals surface area contributed by atoms with Gasteiger partial charge in [-0.1, -0.05) is 0 Å². The molecule has 1 unspecified atom stereocenters. The van der Waals surface area contributed by atoms with Crippen LogP contribution in [0.3, 0.4) is 0 Å². The van der Waals surface area contributed by atoms with Gasteiger partial charge >= 0.3 is 5.97 Å². The second-order valence-electron chi connectivity index (χ2n) is 7.05. The number of aliphatic carboxylic acids is 1. The van der Waals surface area contributed by atoms with Crippen molar-refractivity contribution in [3.05, 3.63) is 58.2 Å². The average Bonchev–Trinajstić information content (AvgIpc) is 3.17. The molecular formula is C21H18FNO7. The highest BCUT2D eigenvalue weighted by atomic mass is 19.1. The number of carboxylic acids is 1. The Bertz CT molecular complexity index is 1170. The zero-order valence-corrected chi connectivity index (χ0v) is 15.7. The predicted molar refractivity (Wildman–Crippen MR) is 103 cm³/mol. The number of phenols is 2. The second-order valence-corrected chi connectivity index (χ2v) is 7.05. The number of halogens is 1. The molecule has 0 amide bonds. The van der Waals surface area contributed by atoms with Crippen molar-refractivity contribution < 1.29 is 33.7 Å². The maximum atomic E-state index is 13.1. The standard InChI is InChI=1S/C21H18FNO7/c22-11-3-5-12(6-4-11)30-17-10-29-20-13(9-23-7-1-2-14(23)21(27)28)15(24)8-16(25)18(20)19(17)26/h3-6,8,10,14,24-25H,1-2,7,9H2,(H,27,28). The lowest BCUT2D eigenvalue weighted by atomic mass is 10.1. The number of rotatable bonds is 5. The maximum absolute atomic E-state index is 13.1. The number of hydrogen-bond acceptors (Lipinski definition) is 7. The quantitative estimate of drug-likeness (QED) is 0.581. The summed E-state index contributed by atoms with van der Waals surface area (Å²) >= 11 is 0. The largest absolute Gasteiger partial charge is 0.507 e. The van der Waals surface area contributed by atoms with Gasteiger partial charge in [-0.25, -0.2) is 4.39 Å². The first-order chi connectivity index (χ1) is 14.3. The molecule has 0 aliphatic carbocycles. The normalized spacial score (nSPS) is 16.8. The number of carboxylic acid groups (broad SMARTS) is 1. The van der Waals surface area contributed by atoms with Gasteiger partial charge in [-0.05, 0) is 43.7 Å². The molecule has 4 rings (SSSR count). The summed E-state index contributed by atoms with van der Waals surface area (Å²) in [6.07, 6.45) is 2.20. The van der Waals surface area contributed by atoms with Crippen molar-refractivity contribution in [2.75, 3.05) is 6.54 Å². The van der Waals surface area contributed by atoms with Crippen molar-refractivity contribution in [3.8, 4) is 23.0 Å². The Balaban J connectivity index is 1.75. The lowest BCUT2D eigenvalue weighted by molar-refractivity contribution is -0.142. The van der Waals surface area contributed by atoms with E-state index < -0.39 is 29.0 Å². The zero-order chi connectivity index (χ0) is 21.4. The number of likely N-dealkylation sites (tertiary alicyclic amines) is 1. The summed E-state index contributed by atoms with van der Waals surface area (Å²) in [5.41, 5.74) is -0.545. The Morgan fingerprint density at radius 2 is 1.97 bits per heavy atom. The molecule has 3 aromatic rings. The number of phenolic OH excluding ortho intramolecular Hbond substituents is 2. The van der Waals surface area contributed by atoms with E-state index in [1.165, 1.54) is 24.3 Å².